The van der Waals surface area contributed by atoms with E-state index in [1.54, 1.807) is 24.3 Å². The van der Waals surface area contributed by atoms with Gasteiger partial charge in [-0.15, -0.1) is 0 Å². The molecule has 4 amide bonds. The van der Waals surface area contributed by atoms with E-state index in [1.807, 2.05) is 30.3 Å². The lowest BCUT2D eigenvalue weighted by molar-refractivity contribution is -0.133. The number of nitrogens with two attached hydrogens (primary N) is 5. The van der Waals surface area contributed by atoms with E-state index < -0.39 is 35.8 Å². The summed E-state index contributed by atoms with van der Waals surface area (Å²) in [6.45, 7) is 1.39. The van der Waals surface area contributed by atoms with Crippen LogP contribution in [0.15, 0.2) is 59.6 Å². The molecule has 0 radical (unpaired) electrons. The number of hydrogen-bond acceptors (Lipinski definition) is 8. The van der Waals surface area contributed by atoms with Crippen molar-refractivity contribution in [1.82, 2.24) is 16.0 Å². The molecule has 0 aliphatic heterocycles. The van der Waals surface area contributed by atoms with Crippen molar-refractivity contribution in [3.63, 3.8) is 0 Å². The molecule has 0 unspecified atom stereocenters. The van der Waals surface area contributed by atoms with Crippen LogP contribution in [0.3, 0.4) is 0 Å². The summed E-state index contributed by atoms with van der Waals surface area (Å²) in [6.07, 6.45) is 2.22. The molecule has 0 heterocycles. The Morgan fingerprint density at radius 3 is 1.98 bits per heavy atom. The second-order valence-corrected chi connectivity index (χ2v) is 10.5. The first-order valence-corrected chi connectivity index (χ1v) is 15.0. The van der Waals surface area contributed by atoms with Crippen molar-refractivity contribution in [3.8, 4) is 5.75 Å². The Kier molecular flexibility index (Phi) is 16.5. The molecule has 14 heteroatoms. The van der Waals surface area contributed by atoms with E-state index in [-0.39, 0.29) is 44.1 Å². The molecule has 246 valence electrons. The quantitative estimate of drug-likeness (QED) is 0.0477. The molecular weight excluding hydrogens is 578 g/mol. The van der Waals surface area contributed by atoms with Crippen molar-refractivity contribution < 1.29 is 23.9 Å². The molecule has 3 atom stereocenters. The van der Waals surface area contributed by atoms with Crippen LogP contribution in [0.5, 0.6) is 5.75 Å². The highest BCUT2D eigenvalue weighted by atomic mass is 16.5. The Balaban J connectivity index is 2.22. The molecule has 45 heavy (non-hydrogen) atoms. The van der Waals surface area contributed by atoms with Crippen LogP contribution >= 0.6 is 0 Å². The lowest BCUT2D eigenvalue weighted by Gasteiger charge is -2.25. The van der Waals surface area contributed by atoms with Gasteiger partial charge in [-0.1, -0.05) is 42.5 Å². The van der Waals surface area contributed by atoms with Crippen LogP contribution in [0.2, 0.25) is 0 Å². The van der Waals surface area contributed by atoms with Crippen LogP contribution < -0.4 is 49.4 Å². The first-order valence-electron chi connectivity index (χ1n) is 15.0. The maximum atomic E-state index is 13.7. The van der Waals surface area contributed by atoms with Gasteiger partial charge in [-0.25, -0.2) is 0 Å². The molecule has 2 aromatic rings. The predicted octanol–water partition coefficient (Wildman–Crippen LogP) is -1.07. The van der Waals surface area contributed by atoms with Gasteiger partial charge in [-0.05, 0) is 61.9 Å². The van der Waals surface area contributed by atoms with Crippen molar-refractivity contribution >= 4 is 29.6 Å². The van der Waals surface area contributed by atoms with Gasteiger partial charge >= 0.3 is 0 Å². The van der Waals surface area contributed by atoms with E-state index >= 15 is 0 Å². The highest BCUT2D eigenvalue weighted by Crippen LogP contribution is 2.14. The zero-order valence-corrected chi connectivity index (χ0v) is 25.6. The largest absolute Gasteiger partial charge is 0.492 e. The van der Waals surface area contributed by atoms with Crippen LogP contribution in [-0.4, -0.2) is 74.0 Å². The van der Waals surface area contributed by atoms with Crippen molar-refractivity contribution in [1.29, 1.82) is 0 Å². The fourth-order valence-corrected chi connectivity index (χ4v) is 4.47. The summed E-state index contributed by atoms with van der Waals surface area (Å²) in [6, 6.07) is 13.2. The first-order chi connectivity index (χ1) is 21.6. The maximum absolute atomic E-state index is 13.7. The van der Waals surface area contributed by atoms with E-state index in [4.69, 9.17) is 33.4 Å². The standard InChI is InChI=1S/C31H47N9O5/c32-15-5-4-9-25(29(43)39-24(28(34)42)10-6-17-37-31(35)36)40-30(44)26(38-27(41)20-21-7-2-1-3-8-21)19-22-11-13-23(14-12-22)45-18-16-33/h1-3,7-8,11-14,24-26H,4-6,9-10,15-20,32-33H2,(H2,34,42)(H,38,41)(H,39,43)(H,40,44)(H4,35,36,37)/t24-,25-,26-/m0/s1. The Morgan fingerprint density at radius 1 is 0.711 bits per heavy atom. The average molecular weight is 626 g/mol. The summed E-state index contributed by atoms with van der Waals surface area (Å²) in [5.41, 5.74) is 28.9. The van der Waals surface area contributed by atoms with Crippen LogP contribution in [0, 0.1) is 0 Å². The Labute approximate surface area is 263 Å². The Morgan fingerprint density at radius 2 is 1.36 bits per heavy atom. The van der Waals surface area contributed by atoms with Gasteiger partial charge in [0.05, 0.1) is 6.42 Å². The molecule has 2 rings (SSSR count). The number of primary amides is 1. The fourth-order valence-electron chi connectivity index (χ4n) is 4.47. The third-order valence-electron chi connectivity index (χ3n) is 6.79. The number of nitrogens with one attached hydrogen (secondary N) is 3. The van der Waals surface area contributed by atoms with Gasteiger partial charge in [0.25, 0.3) is 0 Å². The minimum absolute atomic E-state index is 0.0665. The van der Waals surface area contributed by atoms with E-state index in [9.17, 15) is 19.2 Å². The number of amides is 4. The fraction of sp³-hybridized carbons (Fsp3) is 0.452. The molecule has 0 bridgehead atoms. The van der Waals surface area contributed by atoms with Gasteiger partial charge < -0.3 is 49.4 Å². The molecule has 0 aromatic heterocycles. The van der Waals surface area contributed by atoms with Crippen molar-refractivity contribution in [2.24, 2.45) is 33.7 Å². The highest BCUT2D eigenvalue weighted by Gasteiger charge is 2.29. The number of benzene rings is 2. The summed E-state index contributed by atoms with van der Waals surface area (Å²) >= 11 is 0. The molecule has 0 saturated heterocycles. The van der Waals surface area contributed by atoms with E-state index in [1.165, 1.54) is 0 Å². The number of carbonyl (C=O) groups is 4. The SMILES string of the molecule is NCCCC[C@H](NC(=O)[C@H](Cc1ccc(OCCN)cc1)NC(=O)Cc1ccccc1)C(=O)N[C@@H](CCCN=C(N)N)C(N)=O. The number of rotatable bonds is 21. The number of guanidine groups is 1. The Hall–Kier alpha value is -4.69. The lowest BCUT2D eigenvalue weighted by atomic mass is 10.0. The Bertz CT molecular complexity index is 1240. The van der Waals surface area contributed by atoms with E-state index in [2.05, 4.69) is 20.9 Å². The molecule has 14 nitrogen and oxygen atoms in total. The molecule has 0 aliphatic rings. The molecular formula is C31H47N9O5. The van der Waals surface area contributed by atoms with Crippen molar-refractivity contribution in [2.75, 3.05) is 26.2 Å². The van der Waals surface area contributed by atoms with Crippen molar-refractivity contribution in [3.05, 3.63) is 65.7 Å². The van der Waals surface area contributed by atoms with Crippen LogP contribution in [0.4, 0.5) is 0 Å². The van der Waals surface area contributed by atoms with E-state index in [0.717, 1.165) is 11.1 Å². The predicted molar refractivity (Wildman–Crippen MR) is 173 cm³/mol. The molecule has 2 aromatic carbocycles. The summed E-state index contributed by atoms with van der Waals surface area (Å²) in [5, 5.41) is 8.24. The van der Waals surface area contributed by atoms with Gasteiger partial charge in [0.2, 0.25) is 23.6 Å². The minimum atomic E-state index is -1.01. The van der Waals surface area contributed by atoms with Crippen LogP contribution in [0.25, 0.3) is 0 Å². The van der Waals surface area contributed by atoms with Crippen LogP contribution in [-0.2, 0) is 32.0 Å². The number of aliphatic imine (C=N–C) groups is 1. The van der Waals surface area contributed by atoms with Crippen molar-refractivity contribution in [2.45, 2.75) is 63.1 Å². The number of unbranched alkanes of at least 4 members (excludes halogenated alkanes) is 1. The first kappa shape index (κ1) is 36.5. The van der Waals surface area contributed by atoms with Gasteiger partial charge in [0.15, 0.2) is 5.96 Å². The third kappa shape index (κ3) is 14.6. The summed E-state index contributed by atoms with van der Waals surface area (Å²) in [4.78, 5) is 56.0. The number of ether oxygens (including phenoxy) is 1. The topological polar surface area (TPSA) is 256 Å². The summed E-state index contributed by atoms with van der Waals surface area (Å²) < 4.78 is 5.53. The van der Waals surface area contributed by atoms with E-state index in [0.29, 0.717) is 44.7 Å². The number of hydrogen-bond donors (Lipinski definition) is 8. The second kappa shape index (κ2) is 20.3. The summed E-state index contributed by atoms with van der Waals surface area (Å²) in [7, 11) is 0. The molecule has 0 saturated carbocycles. The zero-order valence-electron chi connectivity index (χ0n) is 25.6. The second-order valence-electron chi connectivity index (χ2n) is 10.5. The molecule has 0 spiro atoms. The minimum Gasteiger partial charge on any atom is -0.492 e. The van der Waals surface area contributed by atoms with Gasteiger partial charge in [-0.2, -0.15) is 0 Å². The zero-order chi connectivity index (χ0) is 33.0. The molecule has 0 aliphatic carbocycles. The van der Waals surface area contributed by atoms with Gasteiger partial charge in [-0.3, -0.25) is 24.2 Å². The monoisotopic (exact) mass is 625 g/mol. The summed E-state index contributed by atoms with van der Waals surface area (Å²) in [5.74, 6) is -1.69. The molecule has 0 fully saturated rings. The lowest BCUT2D eigenvalue weighted by Crippen LogP contribution is -2.56. The third-order valence-corrected chi connectivity index (χ3v) is 6.79. The number of nitrogens with zero attached hydrogens (tertiary/aromatic N) is 1. The highest BCUT2D eigenvalue weighted by molar-refractivity contribution is 5.94. The average Bonchev–Trinajstić information content (AvgIpc) is 3.01. The molecule has 13 N–H and O–H groups in total. The number of carbonyl (C=O) groups excluding carboxylic acids is 4. The normalized spacial score (nSPS) is 12.7. The maximum Gasteiger partial charge on any atom is 0.243 e. The van der Waals surface area contributed by atoms with Crippen LogP contribution in [0.1, 0.15) is 43.2 Å². The van der Waals surface area contributed by atoms with Gasteiger partial charge in [0.1, 0.15) is 30.5 Å². The smallest absolute Gasteiger partial charge is 0.243 e. The van der Waals surface area contributed by atoms with Gasteiger partial charge in [0, 0.05) is 19.5 Å².